The van der Waals surface area contributed by atoms with Crippen molar-refractivity contribution < 1.29 is 9.47 Å². The standard InChI is InChI=1S/C28H33B5N2O2/c29-27(30,31)28(32,33)37-23-11-10-22(20-7-1-2-8-21(20)23)34-17-14-25(24-9-3-6-16-35-24)15-18-36-26(19-25)12-4-5-13-26/h1-3,6-9,16,22-23,34H,4-5,10-15,17-19H2/t22-,23-,25+/m0/s1. The second-order valence-electron chi connectivity index (χ2n) is 11.5. The Morgan fingerprint density at radius 2 is 1.68 bits per heavy atom. The number of ether oxygens (including phenoxy) is 2. The third kappa shape index (κ3) is 5.65. The Bertz CT molecular complexity index is 1060. The molecule has 0 amide bonds. The van der Waals surface area contributed by atoms with Crippen LogP contribution < -0.4 is 5.32 Å². The van der Waals surface area contributed by atoms with Crippen LogP contribution in [-0.4, -0.2) is 68.4 Å². The van der Waals surface area contributed by atoms with Crippen LogP contribution in [0.4, 0.5) is 0 Å². The van der Waals surface area contributed by atoms with Crippen molar-refractivity contribution in [2.75, 3.05) is 13.2 Å². The van der Waals surface area contributed by atoms with Crippen LogP contribution in [0.1, 0.15) is 86.8 Å². The number of aromatic nitrogens is 1. The average molecular weight is 484 g/mol. The molecule has 4 nitrogen and oxygen atoms in total. The third-order valence-electron chi connectivity index (χ3n) is 8.82. The van der Waals surface area contributed by atoms with Gasteiger partial charge in [-0.15, -0.1) is 5.11 Å². The number of nitrogens with zero attached hydrogens (tertiary/aromatic N) is 1. The Morgan fingerprint density at radius 3 is 2.38 bits per heavy atom. The SMILES string of the molecule is [B]C([B])([B])C([B])([B])O[C@H]1CC[C@H](NCC[C@@]2(c3ccccn3)CCOC3(CCCC3)C2)c2ccccc21. The molecule has 2 aromatic rings. The maximum Gasteiger partial charge on any atom is 0.0971 e. The zero-order chi connectivity index (χ0) is 26.2. The van der Waals surface area contributed by atoms with Gasteiger partial charge < -0.3 is 14.8 Å². The summed E-state index contributed by atoms with van der Waals surface area (Å²) in [7, 11) is 29.4. The van der Waals surface area contributed by atoms with Gasteiger partial charge in [-0.2, -0.15) is 0 Å². The van der Waals surface area contributed by atoms with E-state index < -0.39 is 10.5 Å². The fourth-order valence-electron chi connectivity index (χ4n) is 6.70. The molecule has 182 valence electrons. The van der Waals surface area contributed by atoms with Gasteiger partial charge in [-0.25, -0.2) is 0 Å². The zero-order valence-electron chi connectivity index (χ0n) is 21.7. The van der Waals surface area contributed by atoms with Gasteiger partial charge in [0.05, 0.1) is 50.9 Å². The largest absolute Gasteiger partial charge is 0.388 e. The molecule has 2 fully saturated rings. The van der Waals surface area contributed by atoms with Crippen molar-refractivity contribution in [3.05, 3.63) is 65.5 Å². The van der Waals surface area contributed by atoms with Crippen molar-refractivity contribution in [1.82, 2.24) is 10.3 Å². The van der Waals surface area contributed by atoms with Crippen molar-refractivity contribution in [3.63, 3.8) is 0 Å². The molecular formula is C28H33B5N2O2. The van der Waals surface area contributed by atoms with E-state index in [2.05, 4.69) is 23.5 Å². The normalized spacial score (nSPS) is 27.7. The van der Waals surface area contributed by atoms with Crippen LogP contribution in [0.25, 0.3) is 0 Å². The lowest BCUT2D eigenvalue weighted by Crippen LogP contribution is -2.49. The van der Waals surface area contributed by atoms with E-state index in [1.807, 2.05) is 30.5 Å². The molecule has 1 aromatic carbocycles. The van der Waals surface area contributed by atoms with Crippen LogP contribution in [0.15, 0.2) is 48.7 Å². The molecule has 1 N–H and O–H groups in total. The van der Waals surface area contributed by atoms with Crippen LogP contribution in [0, 0.1) is 0 Å². The van der Waals surface area contributed by atoms with Gasteiger partial charge in [0.15, 0.2) is 0 Å². The number of nitrogens with one attached hydrogen (secondary N) is 1. The number of fused-ring (bicyclic) bond motifs is 1. The van der Waals surface area contributed by atoms with Crippen molar-refractivity contribution >= 4 is 39.2 Å². The Balaban J connectivity index is 1.31. The topological polar surface area (TPSA) is 43.4 Å². The fourth-order valence-corrected chi connectivity index (χ4v) is 6.70. The van der Waals surface area contributed by atoms with Gasteiger partial charge in [0.1, 0.15) is 0 Å². The Labute approximate surface area is 228 Å². The molecular weight excluding hydrogens is 450 g/mol. The van der Waals surface area contributed by atoms with Crippen molar-refractivity contribution in [2.24, 2.45) is 0 Å². The summed E-state index contributed by atoms with van der Waals surface area (Å²) in [6.45, 7) is 1.68. The summed E-state index contributed by atoms with van der Waals surface area (Å²) >= 11 is 0. The molecule has 2 heterocycles. The van der Waals surface area contributed by atoms with Crippen LogP contribution in [0.3, 0.4) is 0 Å². The average Bonchev–Trinajstić information content (AvgIpc) is 3.32. The molecule has 0 bridgehead atoms. The highest BCUT2D eigenvalue weighted by Gasteiger charge is 2.48. The van der Waals surface area contributed by atoms with E-state index in [0.717, 1.165) is 63.7 Å². The molecule has 2 aliphatic carbocycles. The highest BCUT2D eigenvalue weighted by Crippen LogP contribution is 2.50. The first kappa shape index (κ1) is 27.2. The number of hydrogen-bond acceptors (Lipinski definition) is 4. The minimum Gasteiger partial charge on any atom is -0.388 e. The van der Waals surface area contributed by atoms with Crippen LogP contribution in [0.5, 0.6) is 0 Å². The molecule has 9 heteroatoms. The molecule has 5 rings (SSSR count). The van der Waals surface area contributed by atoms with E-state index in [1.165, 1.54) is 24.1 Å². The second kappa shape index (κ2) is 10.6. The van der Waals surface area contributed by atoms with E-state index in [-0.39, 0.29) is 23.2 Å². The van der Waals surface area contributed by atoms with Gasteiger partial charge in [0, 0.05) is 30.0 Å². The predicted molar refractivity (Wildman–Crippen MR) is 151 cm³/mol. The van der Waals surface area contributed by atoms with Crippen LogP contribution in [-0.2, 0) is 14.9 Å². The van der Waals surface area contributed by atoms with Gasteiger partial charge in [0.2, 0.25) is 0 Å². The second-order valence-corrected chi connectivity index (χ2v) is 11.5. The van der Waals surface area contributed by atoms with Gasteiger partial charge in [-0.05, 0) is 80.1 Å². The molecule has 1 aliphatic heterocycles. The minimum absolute atomic E-state index is 0.0128. The number of benzene rings is 1. The fraction of sp³-hybridized carbons (Fsp3) is 0.607. The van der Waals surface area contributed by atoms with Crippen molar-refractivity contribution in [2.45, 2.75) is 91.5 Å². The summed E-state index contributed by atoms with van der Waals surface area (Å²) in [6, 6.07) is 14.7. The molecule has 0 unspecified atom stereocenters. The minimum atomic E-state index is -1.86. The summed E-state index contributed by atoms with van der Waals surface area (Å²) in [5, 5.41) is 0.126. The molecule has 37 heavy (non-hydrogen) atoms. The maximum atomic E-state index is 6.41. The summed E-state index contributed by atoms with van der Waals surface area (Å²) < 4.78 is 12.4. The first-order valence-corrected chi connectivity index (χ1v) is 13.6. The van der Waals surface area contributed by atoms with Crippen LogP contribution >= 0.6 is 0 Å². The highest BCUT2D eigenvalue weighted by molar-refractivity contribution is 6.66. The van der Waals surface area contributed by atoms with Gasteiger partial charge in [-0.1, -0.05) is 43.2 Å². The first-order chi connectivity index (χ1) is 17.6. The lowest BCUT2D eigenvalue weighted by molar-refractivity contribution is -0.104. The van der Waals surface area contributed by atoms with Crippen molar-refractivity contribution in [1.29, 1.82) is 0 Å². The predicted octanol–water partition coefficient (Wildman–Crippen LogP) is 3.59. The molecule has 3 aliphatic rings. The molecule has 1 saturated carbocycles. The lowest BCUT2D eigenvalue weighted by Gasteiger charge is -2.47. The Morgan fingerprint density at radius 1 is 0.946 bits per heavy atom. The number of pyridine rings is 1. The number of rotatable bonds is 8. The van der Waals surface area contributed by atoms with E-state index >= 15 is 0 Å². The highest BCUT2D eigenvalue weighted by atomic mass is 16.5. The van der Waals surface area contributed by atoms with Crippen LogP contribution in [0.2, 0.25) is 5.11 Å². The quantitative estimate of drug-likeness (QED) is 0.583. The maximum absolute atomic E-state index is 6.41. The van der Waals surface area contributed by atoms with Gasteiger partial charge >= 0.3 is 0 Å². The Kier molecular flexibility index (Phi) is 7.80. The Hall–Kier alpha value is -1.43. The summed E-state index contributed by atoms with van der Waals surface area (Å²) in [6.07, 6.45) is 11.1. The van der Waals surface area contributed by atoms with E-state index in [1.54, 1.807) is 0 Å². The molecule has 10 radical (unpaired) electrons. The third-order valence-corrected chi connectivity index (χ3v) is 8.82. The smallest absolute Gasteiger partial charge is 0.0971 e. The molecule has 1 aromatic heterocycles. The van der Waals surface area contributed by atoms with E-state index in [4.69, 9.17) is 53.7 Å². The summed E-state index contributed by atoms with van der Waals surface area (Å²) in [4.78, 5) is 4.84. The summed E-state index contributed by atoms with van der Waals surface area (Å²) in [5.41, 5.74) is 3.43. The molecule has 1 spiro atoms. The van der Waals surface area contributed by atoms with Gasteiger partial charge in [0.25, 0.3) is 0 Å². The van der Waals surface area contributed by atoms with E-state index in [9.17, 15) is 0 Å². The zero-order valence-corrected chi connectivity index (χ0v) is 21.7. The van der Waals surface area contributed by atoms with E-state index in [0.29, 0.717) is 0 Å². The van der Waals surface area contributed by atoms with Crippen molar-refractivity contribution in [3.8, 4) is 0 Å². The molecule has 1 saturated heterocycles. The number of hydrogen-bond donors (Lipinski definition) is 1. The molecule has 3 atom stereocenters. The lowest BCUT2D eigenvalue weighted by atomic mass is 9.28. The first-order valence-electron chi connectivity index (χ1n) is 13.6. The summed E-state index contributed by atoms with van der Waals surface area (Å²) in [5.74, 6) is 0. The monoisotopic (exact) mass is 484 g/mol. The van der Waals surface area contributed by atoms with Gasteiger partial charge in [-0.3, -0.25) is 4.98 Å².